The van der Waals surface area contributed by atoms with E-state index in [0.717, 1.165) is 19.6 Å². The van der Waals surface area contributed by atoms with E-state index < -0.39 is 23.0 Å². The van der Waals surface area contributed by atoms with Gasteiger partial charge in [-0.3, -0.25) is 4.79 Å². The van der Waals surface area contributed by atoms with Gasteiger partial charge in [0, 0.05) is 18.6 Å². The van der Waals surface area contributed by atoms with Crippen LogP contribution in [0.3, 0.4) is 0 Å². The molecule has 0 bridgehead atoms. The molecule has 1 saturated heterocycles. The zero-order chi connectivity index (χ0) is 15.0. The van der Waals surface area contributed by atoms with Gasteiger partial charge >= 0.3 is 6.18 Å². The van der Waals surface area contributed by atoms with Crippen molar-refractivity contribution in [3.05, 3.63) is 0 Å². The summed E-state index contributed by atoms with van der Waals surface area (Å²) in [6.07, 6.45) is -2.68. The summed E-state index contributed by atoms with van der Waals surface area (Å²) in [6, 6.07) is 0. The van der Waals surface area contributed by atoms with Gasteiger partial charge < -0.3 is 10.2 Å². The number of alkyl halides is 3. The standard InChI is InChI=1S/C14H23F3N2O/c1-3-19-9-7-12(2,8-10-19)18-11(20)13(5-4-6-13)14(15,16)17/h3-10H2,1-2H3,(H,18,20). The molecule has 1 N–H and O–H groups in total. The molecular weight excluding hydrogens is 269 g/mol. The minimum absolute atomic E-state index is 0.0699. The van der Waals surface area contributed by atoms with Crippen LogP contribution in [0.15, 0.2) is 0 Å². The maximum absolute atomic E-state index is 13.1. The largest absolute Gasteiger partial charge is 0.403 e. The van der Waals surface area contributed by atoms with Crippen molar-refractivity contribution in [3.8, 4) is 0 Å². The fourth-order valence-corrected chi connectivity index (χ4v) is 3.05. The van der Waals surface area contributed by atoms with Crippen LogP contribution in [0.4, 0.5) is 13.2 Å². The van der Waals surface area contributed by atoms with Crippen molar-refractivity contribution in [1.29, 1.82) is 0 Å². The monoisotopic (exact) mass is 292 g/mol. The molecule has 0 aromatic carbocycles. The van der Waals surface area contributed by atoms with Gasteiger partial charge in [-0.05, 0) is 39.2 Å². The number of hydrogen-bond acceptors (Lipinski definition) is 2. The van der Waals surface area contributed by atoms with Crippen LogP contribution in [-0.2, 0) is 4.79 Å². The van der Waals surface area contributed by atoms with Crippen LogP contribution >= 0.6 is 0 Å². The van der Waals surface area contributed by atoms with Gasteiger partial charge in [0.15, 0.2) is 0 Å². The van der Waals surface area contributed by atoms with Crippen molar-refractivity contribution in [3.63, 3.8) is 0 Å². The normalized spacial score (nSPS) is 25.9. The lowest BCUT2D eigenvalue weighted by Gasteiger charge is -2.46. The topological polar surface area (TPSA) is 32.3 Å². The summed E-state index contributed by atoms with van der Waals surface area (Å²) >= 11 is 0. The molecule has 2 aliphatic rings. The molecule has 0 aromatic rings. The number of nitrogens with one attached hydrogen (secondary N) is 1. The number of carbonyl (C=O) groups excluding carboxylic acids is 1. The number of amides is 1. The highest BCUT2D eigenvalue weighted by atomic mass is 19.4. The van der Waals surface area contributed by atoms with E-state index in [-0.39, 0.29) is 12.8 Å². The van der Waals surface area contributed by atoms with E-state index in [9.17, 15) is 18.0 Å². The van der Waals surface area contributed by atoms with Gasteiger partial charge in [-0.2, -0.15) is 13.2 Å². The fourth-order valence-electron chi connectivity index (χ4n) is 3.05. The van der Waals surface area contributed by atoms with Crippen molar-refractivity contribution in [2.75, 3.05) is 19.6 Å². The van der Waals surface area contributed by atoms with E-state index in [0.29, 0.717) is 19.3 Å². The van der Waals surface area contributed by atoms with Crippen LogP contribution in [0.5, 0.6) is 0 Å². The summed E-state index contributed by atoms with van der Waals surface area (Å²) in [5.41, 5.74) is -2.63. The van der Waals surface area contributed by atoms with E-state index in [1.165, 1.54) is 0 Å². The first-order valence-electron chi connectivity index (χ1n) is 7.34. The van der Waals surface area contributed by atoms with E-state index in [4.69, 9.17) is 0 Å². The maximum atomic E-state index is 13.1. The zero-order valence-electron chi connectivity index (χ0n) is 12.1. The van der Waals surface area contributed by atoms with E-state index in [1.807, 2.05) is 6.92 Å². The molecule has 1 saturated carbocycles. The zero-order valence-corrected chi connectivity index (χ0v) is 12.1. The Morgan fingerprint density at radius 3 is 2.10 bits per heavy atom. The molecule has 2 rings (SSSR count). The van der Waals surface area contributed by atoms with Gasteiger partial charge in [0.2, 0.25) is 5.91 Å². The number of hydrogen-bond donors (Lipinski definition) is 1. The van der Waals surface area contributed by atoms with Crippen molar-refractivity contribution in [2.24, 2.45) is 5.41 Å². The molecule has 20 heavy (non-hydrogen) atoms. The molecule has 0 radical (unpaired) electrons. The Morgan fingerprint density at radius 2 is 1.75 bits per heavy atom. The minimum atomic E-state index is -4.43. The average molecular weight is 292 g/mol. The smallest absolute Gasteiger partial charge is 0.350 e. The summed E-state index contributed by atoms with van der Waals surface area (Å²) in [4.78, 5) is 14.4. The van der Waals surface area contributed by atoms with Gasteiger partial charge in [-0.25, -0.2) is 0 Å². The van der Waals surface area contributed by atoms with E-state index in [2.05, 4.69) is 17.1 Å². The lowest BCUT2D eigenvalue weighted by atomic mass is 9.67. The first-order chi connectivity index (χ1) is 9.22. The number of halogens is 3. The molecule has 1 amide bonds. The maximum Gasteiger partial charge on any atom is 0.403 e. The Bertz CT molecular complexity index is 369. The molecule has 0 unspecified atom stereocenters. The lowest BCUT2D eigenvalue weighted by Crippen LogP contribution is -2.61. The number of carbonyl (C=O) groups is 1. The second-order valence-corrected chi connectivity index (χ2v) is 6.38. The first kappa shape index (κ1) is 15.6. The summed E-state index contributed by atoms with van der Waals surface area (Å²) in [7, 11) is 0. The van der Waals surface area contributed by atoms with E-state index in [1.54, 1.807) is 0 Å². The fraction of sp³-hybridized carbons (Fsp3) is 0.929. The Kier molecular flexibility index (Phi) is 4.06. The van der Waals surface area contributed by atoms with Gasteiger partial charge in [-0.1, -0.05) is 13.3 Å². The highest BCUT2D eigenvalue weighted by molar-refractivity contribution is 5.85. The molecule has 1 aliphatic heterocycles. The molecule has 1 aliphatic carbocycles. The second kappa shape index (κ2) is 5.20. The Labute approximate surface area is 117 Å². The third-order valence-electron chi connectivity index (χ3n) is 5.01. The highest BCUT2D eigenvalue weighted by Gasteiger charge is 2.63. The molecule has 2 fully saturated rings. The number of rotatable bonds is 3. The predicted octanol–water partition coefficient (Wildman–Crippen LogP) is 2.71. The Balaban J connectivity index is 2.01. The van der Waals surface area contributed by atoms with Crippen molar-refractivity contribution >= 4 is 5.91 Å². The molecule has 3 nitrogen and oxygen atoms in total. The van der Waals surface area contributed by atoms with Gasteiger partial charge in [-0.15, -0.1) is 0 Å². The number of nitrogens with zero attached hydrogens (tertiary/aromatic N) is 1. The molecule has 116 valence electrons. The molecule has 0 atom stereocenters. The first-order valence-corrected chi connectivity index (χ1v) is 7.34. The summed E-state index contributed by atoms with van der Waals surface area (Å²) in [5.74, 6) is -0.816. The van der Waals surface area contributed by atoms with Gasteiger partial charge in [0.25, 0.3) is 0 Å². The molecule has 0 spiro atoms. The highest BCUT2D eigenvalue weighted by Crippen LogP contribution is 2.53. The quantitative estimate of drug-likeness (QED) is 0.867. The predicted molar refractivity (Wildman–Crippen MR) is 70.2 cm³/mol. The molecule has 1 heterocycles. The van der Waals surface area contributed by atoms with Crippen LogP contribution in [0, 0.1) is 5.41 Å². The summed E-state index contributed by atoms with van der Waals surface area (Å²) in [5, 5.41) is 2.70. The molecular formula is C14H23F3N2O. The van der Waals surface area contributed by atoms with Crippen molar-refractivity contribution in [1.82, 2.24) is 10.2 Å². The Morgan fingerprint density at radius 1 is 1.20 bits per heavy atom. The van der Waals surface area contributed by atoms with Crippen molar-refractivity contribution in [2.45, 2.75) is 57.7 Å². The minimum Gasteiger partial charge on any atom is -0.350 e. The number of likely N-dealkylation sites (tertiary alicyclic amines) is 1. The van der Waals surface area contributed by atoms with Crippen LogP contribution in [-0.4, -0.2) is 42.2 Å². The van der Waals surface area contributed by atoms with Crippen LogP contribution in [0.1, 0.15) is 46.0 Å². The molecule has 0 aromatic heterocycles. The third kappa shape index (κ3) is 2.67. The summed E-state index contributed by atoms with van der Waals surface area (Å²) < 4.78 is 39.4. The third-order valence-corrected chi connectivity index (χ3v) is 5.01. The van der Waals surface area contributed by atoms with Crippen LogP contribution < -0.4 is 5.32 Å². The average Bonchev–Trinajstić information content (AvgIpc) is 2.25. The molecule has 6 heteroatoms. The van der Waals surface area contributed by atoms with Gasteiger partial charge in [0.1, 0.15) is 5.41 Å². The van der Waals surface area contributed by atoms with Crippen molar-refractivity contribution < 1.29 is 18.0 Å². The SMILES string of the molecule is CCN1CCC(C)(NC(=O)C2(C(F)(F)F)CCC2)CC1. The Hall–Kier alpha value is -0.780. The number of piperidine rings is 1. The van der Waals surface area contributed by atoms with E-state index >= 15 is 0 Å². The second-order valence-electron chi connectivity index (χ2n) is 6.38. The van der Waals surface area contributed by atoms with Gasteiger partial charge in [0.05, 0.1) is 0 Å². The summed E-state index contributed by atoms with van der Waals surface area (Å²) in [6.45, 7) is 6.52. The van der Waals surface area contributed by atoms with Crippen LogP contribution in [0.2, 0.25) is 0 Å². The van der Waals surface area contributed by atoms with Crippen LogP contribution in [0.25, 0.3) is 0 Å². The lowest BCUT2D eigenvalue weighted by molar-refractivity contribution is -0.244.